The fourth-order valence-corrected chi connectivity index (χ4v) is 4.50. The Morgan fingerprint density at radius 1 is 0.884 bits per heavy atom. The van der Waals surface area contributed by atoms with Crippen molar-refractivity contribution in [2.24, 2.45) is 0 Å². The number of ether oxygens (including phenoxy) is 7. The van der Waals surface area contributed by atoms with E-state index in [0.717, 1.165) is 26.8 Å². The van der Waals surface area contributed by atoms with Crippen molar-refractivity contribution in [2.45, 2.75) is 75.6 Å². The smallest absolute Gasteiger partial charge is 0.331 e. The monoisotopic (exact) mass is 614 g/mol. The molecule has 0 spiro atoms. The maximum atomic E-state index is 12.7. The summed E-state index contributed by atoms with van der Waals surface area (Å²) in [6.45, 7) is 0.637. The zero-order chi connectivity index (χ0) is 31.9. The second kappa shape index (κ2) is 14.7. The van der Waals surface area contributed by atoms with Gasteiger partial charge in [0, 0.05) is 26.8 Å². The van der Waals surface area contributed by atoms with Gasteiger partial charge >= 0.3 is 23.9 Å². The average molecular weight is 615 g/mol. The van der Waals surface area contributed by atoms with Crippen LogP contribution in [-0.4, -0.2) is 124 Å². The lowest BCUT2D eigenvalue weighted by Crippen LogP contribution is -2.64. The third-order valence-corrected chi connectivity index (χ3v) is 6.41. The highest BCUT2D eigenvalue weighted by molar-refractivity contribution is 5.87. The molecule has 16 heteroatoms. The summed E-state index contributed by atoms with van der Waals surface area (Å²) in [6, 6.07) is 5.78. The van der Waals surface area contributed by atoms with Gasteiger partial charge in [0.1, 0.15) is 43.4 Å². The fourth-order valence-electron chi connectivity index (χ4n) is 4.50. The SMILES string of the molecule is CC(=O)OC[C@H]1O[C@H](O[C@]2(CO)O[C@H](CO)[C@@H](O)[C@@H]2OC(=O)/C=C/c2ccc(O)cc2)[C@H](OC(C)=O)[C@@H](O)[C@@H]1OC(C)=O. The van der Waals surface area contributed by atoms with Crippen LogP contribution in [0.25, 0.3) is 6.08 Å². The molecule has 2 saturated heterocycles. The molecule has 0 radical (unpaired) electrons. The highest BCUT2D eigenvalue weighted by Gasteiger charge is 2.61. The van der Waals surface area contributed by atoms with E-state index in [0.29, 0.717) is 5.56 Å². The van der Waals surface area contributed by atoms with Crippen LogP contribution in [0, 0.1) is 0 Å². The summed E-state index contributed by atoms with van der Waals surface area (Å²) < 4.78 is 37.8. The van der Waals surface area contributed by atoms with Gasteiger partial charge in [0.2, 0.25) is 12.1 Å². The molecule has 0 unspecified atom stereocenters. The van der Waals surface area contributed by atoms with E-state index in [1.807, 2.05) is 0 Å². The summed E-state index contributed by atoms with van der Waals surface area (Å²) in [6.07, 6.45) is -11.1. The van der Waals surface area contributed by atoms with Gasteiger partial charge in [-0.2, -0.15) is 0 Å². The zero-order valence-corrected chi connectivity index (χ0v) is 23.4. The summed E-state index contributed by atoms with van der Waals surface area (Å²) in [5.74, 6) is -6.02. The van der Waals surface area contributed by atoms with E-state index in [1.165, 1.54) is 30.3 Å². The molecule has 2 aliphatic rings. The molecule has 9 atom stereocenters. The molecule has 2 aliphatic heterocycles. The van der Waals surface area contributed by atoms with E-state index in [2.05, 4.69) is 0 Å². The second-order valence-corrected chi connectivity index (χ2v) is 9.68. The number of rotatable bonds is 11. The Balaban J connectivity index is 1.93. The Labute approximate surface area is 245 Å². The van der Waals surface area contributed by atoms with Crippen molar-refractivity contribution in [2.75, 3.05) is 19.8 Å². The molecule has 3 rings (SSSR count). The molecule has 0 aromatic heterocycles. The predicted octanol–water partition coefficient (Wildman–Crippen LogP) is -1.71. The molecule has 5 N–H and O–H groups in total. The first kappa shape index (κ1) is 33.9. The highest BCUT2D eigenvalue weighted by atomic mass is 16.8. The number of aliphatic hydroxyl groups excluding tert-OH is 4. The second-order valence-electron chi connectivity index (χ2n) is 9.68. The Bertz CT molecular complexity index is 1170. The van der Waals surface area contributed by atoms with Crippen molar-refractivity contribution >= 4 is 30.0 Å². The minimum atomic E-state index is -2.46. The molecule has 2 fully saturated rings. The Hall–Kier alpha value is -3.64. The Kier molecular flexibility index (Phi) is 11.6. The normalized spacial score (nSPS) is 32.3. The summed E-state index contributed by atoms with van der Waals surface area (Å²) in [5, 5.41) is 51.5. The number of esters is 4. The molecule has 16 nitrogen and oxygen atoms in total. The number of aliphatic hydroxyl groups is 4. The van der Waals surface area contributed by atoms with Crippen molar-refractivity contribution in [3.63, 3.8) is 0 Å². The summed E-state index contributed by atoms with van der Waals surface area (Å²) >= 11 is 0. The van der Waals surface area contributed by atoms with Crippen LogP contribution >= 0.6 is 0 Å². The van der Waals surface area contributed by atoms with E-state index in [9.17, 15) is 44.7 Å². The fraction of sp³-hybridized carbons (Fsp3) is 0.556. The van der Waals surface area contributed by atoms with Gasteiger partial charge in [-0.1, -0.05) is 12.1 Å². The standard InChI is InChI=1S/C27H34O16/c1-13(30)37-11-19-23(38-14(2)31)22(36)24(39-15(3)32)26(40-19)43-27(12-29)25(21(35)18(10-28)42-27)41-20(34)9-6-16-4-7-17(33)8-5-16/h4-9,18-19,21-26,28-29,33,35-36H,10-12H2,1-3H3/b9-6+/t18-,19-,21-,22+,23-,24-,25+,26-,27+/m1/s1. The third-order valence-electron chi connectivity index (χ3n) is 6.41. The molecule has 0 saturated carbocycles. The molecule has 1 aromatic rings. The number of aromatic hydroxyl groups is 1. The van der Waals surface area contributed by atoms with Crippen LogP contribution in [-0.2, 0) is 52.3 Å². The molecule has 238 valence electrons. The largest absolute Gasteiger partial charge is 0.508 e. The number of carbonyl (C=O) groups excluding carboxylic acids is 4. The number of hydrogen-bond donors (Lipinski definition) is 5. The highest BCUT2D eigenvalue weighted by Crippen LogP contribution is 2.39. The molecule has 0 bridgehead atoms. The van der Waals surface area contributed by atoms with E-state index >= 15 is 0 Å². The number of benzene rings is 1. The molecular formula is C27H34O16. The van der Waals surface area contributed by atoms with Crippen LogP contribution in [0.4, 0.5) is 0 Å². The molecule has 43 heavy (non-hydrogen) atoms. The van der Waals surface area contributed by atoms with Crippen LogP contribution in [0.3, 0.4) is 0 Å². The first-order valence-corrected chi connectivity index (χ1v) is 13.0. The average Bonchev–Trinajstić information content (AvgIpc) is 3.21. The van der Waals surface area contributed by atoms with Crippen molar-refractivity contribution in [1.29, 1.82) is 0 Å². The van der Waals surface area contributed by atoms with E-state index < -0.39 is 98.5 Å². The van der Waals surface area contributed by atoms with Gasteiger partial charge in [-0.3, -0.25) is 14.4 Å². The van der Waals surface area contributed by atoms with Crippen molar-refractivity contribution < 1.29 is 77.9 Å². The van der Waals surface area contributed by atoms with Crippen LogP contribution in [0.15, 0.2) is 30.3 Å². The summed E-state index contributed by atoms with van der Waals surface area (Å²) in [5.41, 5.74) is 0.505. The third kappa shape index (κ3) is 8.47. The van der Waals surface area contributed by atoms with Crippen LogP contribution in [0.1, 0.15) is 26.3 Å². The predicted molar refractivity (Wildman–Crippen MR) is 138 cm³/mol. The van der Waals surface area contributed by atoms with Gasteiger partial charge in [-0.15, -0.1) is 0 Å². The summed E-state index contributed by atoms with van der Waals surface area (Å²) in [7, 11) is 0. The molecule has 1 aromatic carbocycles. The number of hydrogen-bond acceptors (Lipinski definition) is 16. The van der Waals surface area contributed by atoms with E-state index in [-0.39, 0.29) is 5.75 Å². The number of phenols is 1. The lowest BCUT2D eigenvalue weighted by Gasteiger charge is -2.45. The van der Waals surface area contributed by atoms with Crippen molar-refractivity contribution in [3.05, 3.63) is 35.9 Å². The van der Waals surface area contributed by atoms with Gasteiger partial charge in [0.25, 0.3) is 0 Å². The van der Waals surface area contributed by atoms with Crippen LogP contribution in [0.5, 0.6) is 5.75 Å². The molecular weight excluding hydrogens is 580 g/mol. The van der Waals surface area contributed by atoms with Gasteiger partial charge in [-0.25, -0.2) is 4.79 Å². The van der Waals surface area contributed by atoms with Crippen LogP contribution < -0.4 is 0 Å². The minimum absolute atomic E-state index is 0.00209. The Morgan fingerprint density at radius 3 is 2.07 bits per heavy atom. The quantitative estimate of drug-likeness (QED) is 0.106. The van der Waals surface area contributed by atoms with Gasteiger partial charge in [0.15, 0.2) is 18.3 Å². The van der Waals surface area contributed by atoms with E-state index in [1.54, 1.807) is 0 Å². The maximum absolute atomic E-state index is 12.7. The summed E-state index contributed by atoms with van der Waals surface area (Å²) in [4.78, 5) is 47.8. The molecule has 0 aliphatic carbocycles. The lowest BCUT2D eigenvalue weighted by atomic mass is 9.98. The first-order valence-electron chi connectivity index (χ1n) is 13.0. The van der Waals surface area contributed by atoms with E-state index in [4.69, 9.17) is 33.2 Å². The first-order chi connectivity index (χ1) is 20.3. The topological polar surface area (TPSA) is 234 Å². The Morgan fingerprint density at radius 2 is 1.51 bits per heavy atom. The molecule has 2 heterocycles. The lowest BCUT2D eigenvalue weighted by molar-refractivity contribution is -0.384. The van der Waals surface area contributed by atoms with Crippen molar-refractivity contribution in [1.82, 2.24) is 0 Å². The maximum Gasteiger partial charge on any atom is 0.331 e. The van der Waals surface area contributed by atoms with Gasteiger partial charge in [0.05, 0.1) is 6.61 Å². The van der Waals surface area contributed by atoms with Gasteiger partial charge < -0.3 is 58.7 Å². The number of carbonyl (C=O) groups is 4. The van der Waals surface area contributed by atoms with Crippen molar-refractivity contribution in [3.8, 4) is 5.75 Å². The van der Waals surface area contributed by atoms with Gasteiger partial charge in [-0.05, 0) is 23.8 Å². The zero-order valence-electron chi connectivity index (χ0n) is 23.4. The number of phenolic OH excluding ortho intramolecular Hbond substituents is 1. The van der Waals surface area contributed by atoms with Crippen LogP contribution in [0.2, 0.25) is 0 Å². The molecule has 0 amide bonds. The minimum Gasteiger partial charge on any atom is -0.508 e.